The molecule has 0 rings (SSSR count). The van der Waals surface area contributed by atoms with Crippen LogP contribution in [0.1, 0.15) is 12.8 Å². The molecule has 0 radical (unpaired) electrons. The first-order chi connectivity index (χ1) is 17.0. The van der Waals surface area contributed by atoms with Crippen LogP contribution in [0.2, 0.25) is 0 Å². The normalized spacial score (nSPS) is 12.1. The number of thioether (sulfide) groups is 9. The molecular formula is C19H34O6S10. The molecule has 1 atom stereocenters. The van der Waals surface area contributed by atoms with Crippen LogP contribution in [0.25, 0.3) is 0 Å². The SMILES string of the molecule is O=C(CSCSCCS(=O)CSCSCSC(=O)CSCSCC(=O)SCCCO)SCCCO. The molecule has 2 N–H and O–H groups in total. The Labute approximate surface area is 250 Å². The largest absolute Gasteiger partial charge is 0.396 e. The third kappa shape index (κ3) is 29.0. The van der Waals surface area contributed by atoms with Crippen LogP contribution in [-0.4, -0.2) is 109 Å². The van der Waals surface area contributed by atoms with Crippen molar-refractivity contribution >= 4 is 132 Å². The molecule has 0 aliphatic rings. The summed E-state index contributed by atoms with van der Waals surface area (Å²) < 4.78 is 12.0. The van der Waals surface area contributed by atoms with Gasteiger partial charge in [-0.2, -0.15) is 11.8 Å². The van der Waals surface area contributed by atoms with Gasteiger partial charge in [0, 0.05) is 67.4 Å². The highest BCUT2D eigenvalue weighted by Gasteiger charge is 2.07. The Balaban J connectivity index is 3.41. The zero-order valence-corrected chi connectivity index (χ0v) is 27.6. The van der Waals surface area contributed by atoms with Crippen LogP contribution in [0.15, 0.2) is 0 Å². The summed E-state index contributed by atoms with van der Waals surface area (Å²) in [6.07, 6.45) is 1.28. The van der Waals surface area contributed by atoms with E-state index in [1.54, 1.807) is 47.0 Å². The minimum atomic E-state index is -0.858. The van der Waals surface area contributed by atoms with Crippen molar-refractivity contribution in [2.45, 2.75) is 12.8 Å². The van der Waals surface area contributed by atoms with Gasteiger partial charge in [0.05, 0.1) is 22.3 Å². The number of carbonyl (C=O) groups excluding carboxylic acids is 3. The fraction of sp³-hybridized carbons (Fsp3) is 0.842. The molecule has 0 heterocycles. The van der Waals surface area contributed by atoms with Gasteiger partial charge in [-0.3, -0.25) is 18.6 Å². The van der Waals surface area contributed by atoms with Crippen LogP contribution in [0.5, 0.6) is 0 Å². The Hall–Kier alpha value is 2.23. The van der Waals surface area contributed by atoms with E-state index < -0.39 is 10.8 Å². The van der Waals surface area contributed by atoms with Gasteiger partial charge in [0.2, 0.25) is 0 Å². The van der Waals surface area contributed by atoms with E-state index in [1.165, 1.54) is 58.8 Å². The second kappa shape index (κ2) is 29.2. The summed E-state index contributed by atoms with van der Waals surface area (Å²) in [6, 6.07) is 0. The molecule has 0 aromatic heterocycles. The first-order valence-electron chi connectivity index (χ1n) is 10.5. The molecule has 16 heteroatoms. The van der Waals surface area contributed by atoms with Gasteiger partial charge < -0.3 is 10.2 Å². The average molecular weight is 679 g/mol. The van der Waals surface area contributed by atoms with E-state index in [0.29, 0.717) is 62.6 Å². The number of aliphatic hydroxyl groups is 2. The summed E-state index contributed by atoms with van der Waals surface area (Å²) in [5.74, 6) is 4.14. The molecule has 0 saturated heterocycles. The Morgan fingerprint density at radius 3 is 1.60 bits per heavy atom. The number of aliphatic hydroxyl groups excluding tert-OH is 2. The van der Waals surface area contributed by atoms with Gasteiger partial charge in [0.15, 0.2) is 15.3 Å². The maximum absolute atomic E-state index is 12.0. The molecule has 206 valence electrons. The number of hydrogen-bond donors (Lipinski definition) is 2. The van der Waals surface area contributed by atoms with Crippen molar-refractivity contribution < 1.29 is 28.8 Å². The molecule has 0 bridgehead atoms. The minimum Gasteiger partial charge on any atom is -0.396 e. The molecule has 35 heavy (non-hydrogen) atoms. The molecule has 0 aliphatic carbocycles. The van der Waals surface area contributed by atoms with E-state index in [-0.39, 0.29) is 28.6 Å². The summed E-state index contributed by atoms with van der Waals surface area (Å²) in [5, 5.41) is 21.4. The fourth-order valence-corrected chi connectivity index (χ4v) is 12.9. The Bertz CT molecular complexity index is 584. The van der Waals surface area contributed by atoms with Crippen molar-refractivity contribution in [1.29, 1.82) is 0 Å². The molecule has 6 nitrogen and oxygen atoms in total. The second-order valence-electron chi connectivity index (χ2n) is 6.21. The lowest BCUT2D eigenvalue weighted by molar-refractivity contribution is -0.109. The monoisotopic (exact) mass is 678 g/mol. The number of rotatable bonds is 25. The minimum absolute atomic E-state index is 0.109. The zero-order chi connectivity index (χ0) is 26.0. The van der Waals surface area contributed by atoms with Crippen molar-refractivity contribution in [1.82, 2.24) is 0 Å². The standard InChI is InChI=1S/C19H34O6S10/c20-3-1-5-32-17(22)9-27-12-26-7-8-35(25)16-31-14-30-15-34-19(24)11-29-13-28-10-18(23)33-6-2-4-21/h20-21H,1-16H2. The molecule has 0 aromatic carbocycles. The highest BCUT2D eigenvalue weighted by atomic mass is 32.3. The van der Waals surface area contributed by atoms with Crippen LogP contribution in [0, 0.1) is 0 Å². The Morgan fingerprint density at radius 2 is 1.06 bits per heavy atom. The Morgan fingerprint density at radius 1 is 0.571 bits per heavy atom. The Kier molecular flexibility index (Phi) is 31.1. The van der Waals surface area contributed by atoms with Crippen molar-refractivity contribution in [2.24, 2.45) is 0 Å². The van der Waals surface area contributed by atoms with E-state index in [2.05, 4.69) is 0 Å². The summed E-state index contributed by atoms with van der Waals surface area (Å²) in [6.45, 7) is 0.229. The maximum Gasteiger partial charge on any atom is 0.199 e. The van der Waals surface area contributed by atoms with E-state index in [9.17, 15) is 18.6 Å². The molecule has 0 amide bonds. The van der Waals surface area contributed by atoms with Crippen molar-refractivity contribution in [2.75, 3.05) is 78.9 Å². The average Bonchev–Trinajstić information content (AvgIpc) is 2.83. The van der Waals surface area contributed by atoms with Crippen LogP contribution < -0.4 is 0 Å². The van der Waals surface area contributed by atoms with E-state index in [0.717, 1.165) is 15.9 Å². The van der Waals surface area contributed by atoms with Crippen LogP contribution >= 0.6 is 106 Å². The third-order valence-electron chi connectivity index (χ3n) is 3.26. The van der Waals surface area contributed by atoms with Gasteiger partial charge in [-0.15, -0.1) is 58.8 Å². The van der Waals surface area contributed by atoms with Crippen LogP contribution in [0.4, 0.5) is 0 Å². The van der Waals surface area contributed by atoms with Crippen molar-refractivity contribution in [3.05, 3.63) is 0 Å². The molecule has 0 aliphatic heterocycles. The lowest BCUT2D eigenvalue weighted by atomic mass is 10.5. The second-order valence-corrected chi connectivity index (χ2v) is 19.0. The van der Waals surface area contributed by atoms with Gasteiger partial charge in [-0.1, -0.05) is 35.3 Å². The lowest BCUT2D eigenvalue weighted by Gasteiger charge is -2.04. The van der Waals surface area contributed by atoms with Gasteiger partial charge in [0.25, 0.3) is 0 Å². The number of hydrogen-bond acceptors (Lipinski definition) is 15. The van der Waals surface area contributed by atoms with Crippen LogP contribution in [0.3, 0.4) is 0 Å². The lowest BCUT2D eigenvalue weighted by Crippen LogP contribution is -2.03. The molecule has 0 spiro atoms. The van der Waals surface area contributed by atoms with Crippen LogP contribution in [-0.2, 0) is 25.2 Å². The summed E-state index contributed by atoms with van der Waals surface area (Å²) in [5.41, 5.74) is 0. The summed E-state index contributed by atoms with van der Waals surface area (Å²) in [4.78, 5) is 35.0. The van der Waals surface area contributed by atoms with E-state index in [4.69, 9.17) is 10.2 Å². The van der Waals surface area contributed by atoms with E-state index in [1.807, 2.05) is 0 Å². The maximum atomic E-state index is 12.0. The first kappa shape index (κ1) is 37.2. The quantitative estimate of drug-likeness (QED) is 0.105. The molecule has 0 saturated carbocycles. The van der Waals surface area contributed by atoms with Gasteiger partial charge in [-0.25, -0.2) is 0 Å². The fourth-order valence-electron chi connectivity index (χ4n) is 1.72. The van der Waals surface area contributed by atoms with Gasteiger partial charge in [-0.05, 0) is 12.8 Å². The number of carbonyl (C=O) groups is 3. The van der Waals surface area contributed by atoms with Gasteiger partial charge >= 0.3 is 0 Å². The summed E-state index contributed by atoms with van der Waals surface area (Å²) >= 11 is 13.5. The predicted molar refractivity (Wildman–Crippen MR) is 173 cm³/mol. The molecule has 0 fully saturated rings. The van der Waals surface area contributed by atoms with Crippen molar-refractivity contribution in [3.63, 3.8) is 0 Å². The predicted octanol–water partition coefficient (Wildman–Crippen LogP) is 4.47. The first-order valence-corrected chi connectivity index (χ1v) is 21.9. The zero-order valence-electron chi connectivity index (χ0n) is 19.4. The topological polar surface area (TPSA) is 109 Å². The van der Waals surface area contributed by atoms with E-state index >= 15 is 0 Å². The molecular weight excluding hydrogens is 645 g/mol. The molecule has 0 aromatic rings. The van der Waals surface area contributed by atoms with Crippen molar-refractivity contribution in [3.8, 4) is 0 Å². The summed E-state index contributed by atoms with van der Waals surface area (Å²) in [7, 11) is -0.858. The van der Waals surface area contributed by atoms with Gasteiger partial charge in [0.1, 0.15) is 0 Å². The highest BCUT2D eigenvalue weighted by Crippen LogP contribution is 2.22. The third-order valence-corrected chi connectivity index (χ3v) is 15.9. The highest BCUT2D eigenvalue weighted by molar-refractivity contribution is 8.29. The smallest absolute Gasteiger partial charge is 0.199 e. The molecule has 1 unspecified atom stereocenters.